The molecule has 0 fully saturated rings. The molecule has 3 N–H and O–H groups in total. The number of hydrogen-bond donors (Lipinski definition) is 2. The third-order valence-corrected chi connectivity index (χ3v) is 3.10. The molecule has 21 heavy (non-hydrogen) atoms. The van der Waals surface area contributed by atoms with Crippen molar-refractivity contribution in [1.82, 2.24) is 4.90 Å². The van der Waals surface area contributed by atoms with E-state index in [1.807, 2.05) is 6.92 Å². The van der Waals surface area contributed by atoms with Crippen LogP contribution in [0.25, 0.3) is 0 Å². The van der Waals surface area contributed by atoms with Crippen molar-refractivity contribution in [3.63, 3.8) is 0 Å². The number of nitrogens with one attached hydrogen (secondary N) is 1. The normalized spacial score (nSPS) is 10.3. The predicted molar refractivity (Wildman–Crippen MR) is 83.3 cm³/mol. The highest BCUT2D eigenvalue weighted by molar-refractivity contribution is 5.96. The molecule has 5 heteroatoms. The Hall–Kier alpha value is -2.56. The first-order chi connectivity index (χ1) is 9.88. The van der Waals surface area contributed by atoms with E-state index in [4.69, 9.17) is 5.73 Å². The van der Waals surface area contributed by atoms with Gasteiger partial charge in [0.2, 0.25) is 0 Å². The molecule has 0 bridgehead atoms. The summed E-state index contributed by atoms with van der Waals surface area (Å²) < 4.78 is 13.8. The maximum Gasteiger partial charge on any atom is 0.253 e. The van der Waals surface area contributed by atoms with Crippen LogP contribution < -0.4 is 11.1 Å². The van der Waals surface area contributed by atoms with Gasteiger partial charge in [0.05, 0.1) is 17.1 Å². The molecule has 0 saturated carbocycles. The number of benzene rings is 2. The molecule has 0 aliphatic rings. The van der Waals surface area contributed by atoms with E-state index in [2.05, 4.69) is 5.32 Å². The van der Waals surface area contributed by atoms with Crippen LogP contribution in [0.15, 0.2) is 36.4 Å². The van der Waals surface area contributed by atoms with Gasteiger partial charge < -0.3 is 16.0 Å². The maximum absolute atomic E-state index is 13.8. The second kappa shape index (κ2) is 5.83. The lowest BCUT2D eigenvalue weighted by Gasteiger charge is -2.14. The number of nitrogens with zero attached hydrogens (tertiary/aromatic N) is 1. The summed E-state index contributed by atoms with van der Waals surface area (Å²) in [4.78, 5) is 13.4. The minimum absolute atomic E-state index is 0.136. The topological polar surface area (TPSA) is 58.4 Å². The number of rotatable bonds is 3. The van der Waals surface area contributed by atoms with E-state index >= 15 is 0 Å². The van der Waals surface area contributed by atoms with Crippen molar-refractivity contribution in [2.75, 3.05) is 25.1 Å². The predicted octanol–water partition coefficient (Wildman–Crippen LogP) is 3.16. The number of carbonyl (C=O) groups is 1. The van der Waals surface area contributed by atoms with Gasteiger partial charge in [-0.3, -0.25) is 4.79 Å². The molecule has 0 aliphatic carbocycles. The molecule has 0 heterocycles. The van der Waals surface area contributed by atoms with E-state index in [9.17, 15) is 9.18 Å². The number of hydrogen-bond acceptors (Lipinski definition) is 3. The number of aryl methyl sites for hydroxylation is 1. The third-order valence-electron chi connectivity index (χ3n) is 3.10. The van der Waals surface area contributed by atoms with Gasteiger partial charge in [-0.2, -0.15) is 0 Å². The smallest absolute Gasteiger partial charge is 0.253 e. The Kier molecular flexibility index (Phi) is 4.12. The average Bonchev–Trinajstić information content (AvgIpc) is 2.44. The van der Waals surface area contributed by atoms with E-state index in [1.54, 1.807) is 44.4 Å². The van der Waals surface area contributed by atoms with Crippen LogP contribution in [0.2, 0.25) is 0 Å². The Labute approximate surface area is 123 Å². The van der Waals surface area contributed by atoms with Gasteiger partial charge in [0.15, 0.2) is 0 Å². The first-order valence-electron chi connectivity index (χ1n) is 6.53. The molecule has 4 nitrogen and oxygen atoms in total. The fraction of sp³-hybridized carbons (Fsp3) is 0.188. The van der Waals surface area contributed by atoms with Crippen LogP contribution in [-0.2, 0) is 0 Å². The van der Waals surface area contributed by atoms with Gasteiger partial charge in [0, 0.05) is 19.7 Å². The zero-order valence-electron chi connectivity index (χ0n) is 12.3. The van der Waals surface area contributed by atoms with Gasteiger partial charge in [0.25, 0.3) is 5.91 Å². The molecular weight excluding hydrogens is 269 g/mol. The van der Waals surface area contributed by atoms with Crippen molar-refractivity contribution >= 4 is 23.0 Å². The molecule has 0 radical (unpaired) electrons. The standard InChI is InChI=1S/C16H18FN3O/c1-10-4-6-12(17)14(8-10)19-15-9-11(5-7-13(15)18)16(21)20(2)3/h4-9,19H,18H2,1-3H3. The molecule has 0 unspecified atom stereocenters. The summed E-state index contributed by atoms with van der Waals surface area (Å²) in [6.45, 7) is 1.87. The van der Waals surface area contributed by atoms with Gasteiger partial charge in [-0.15, -0.1) is 0 Å². The molecule has 0 spiro atoms. The summed E-state index contributed by atoms with van der Waals surface area (Å²) in [6.07, 6.45) is 0. The molecule has 2 rings (SSSR count). The van der Waals surface area contributed by atoms with E-state index in [-0.39, 0.29) is 11.7 Å². The van der Waals surface area contributed by atoms with Gasteiger partial charge >= 0.3 is 0 Å². The minimum atomic E-state index is -0.371. The Bertz CT molecular complexity index is 683. The first-order valence-corrected chi connectivity index (χ1v) is 6.53. The van der Waals surface area contributed by atoms with Crippen molar-refractivity contribution in [3.8, 4) is 0 Å². The van der Waals surface area contributed by atoms with E-state index < -0.39 is 0 Å². The largest absolute Gasteiger partial charge is 0.397 e. The van der Waals surface area contributed by atoms with Crippen molar-refractivity contribution < 1.29 is 9.18 Å². The van der Waals surface area contributed by atoms with Gasteiger partial charge in [0.1, 0.15) is 5.82 Å². The lowest BCUT2D eigenvalue weighted by Crippen LogP contribution is -2.21. The molecule has 0 aliphatic heterocycles. The second-order valence-electron chi connectivity index (χ2n) is 5.11. The number of carbonyl (C=O) groups excluding carboxylic acids is 1. The van der Waals surface area contributed by atoms with Crippen molar-refractivity contribution in [2.24, 2.45) is 0 Å². The quantitative estimate of drug-likeness (QED) is 0.853. The van der Waals surface area contributed by atoms with Crippen LogP contribution in [0.3, 0.4) is 0 Å². The summed E-state index contributed by atoms with van der Waals surface area (Å²) in [5.74, 6) is -0.507. The van der Waals surface area contributed by atoms with Crippen LogP contribution in [0.5, 0.6) is 0 Å². The molecule has 1 amide bonds. The molecular formula is C16H18FN3O. The Balaban J connectivity index is 2.37. The average molecular weight is 287 g/mol. The zero-order chi connectivity index (χ0) is 15.6. The monoisotopic (exact) mass is 287 g/mol. The molecule has 2 aromatic rings. The van der Waals surface area contributed by atoms with Crippen LogP contribution >= 0.6 is 0 Å². The fourth-order valence-electron chi connectivity index (χ4n) is 1.94. The number of amides is 1. The fourth-order valence-corrected chi connectivity index (χ4v) is 1.94. The third kappa shape index (κ3) is 3.31. The van der Waals surface area contributed by atoms with Crippen molar-refractivity contribution in [3.05, 3.63) is 53.3 Å². The molecule has 110 valence electrons. The van der Waals surface area contributed by atoms with Crippen molar-refractivity contribution in [1.29, 1.82) is 0 Å². The van der Waals surface area contributed by atoms with Crippen LogP contribution in [0, 0.1) is 12.7 Å². The van der Waals surface area contributed by atoms with E-state index in [0.717, 1.165) is 5.56 Å². The van der Waals surface area contributed by atoms with Gasteiger partial charge in [-0.25, -0.2) is 4.39 Å². The molecule has 0 atom stereocenters. The van der Waals surface area contributed by atoms with Gasteiger partial charge in [-0.05, 0) is 42.8 Å². The van der Waals surface area contributed by atoms with E-state index in [0.29, 0.717) is 22.6 Å². The summed E-state index contributed by atoms with van der Waals surface area (Å²) >= 11 is 0. The number of nitrogens with two attached hydrogens (primary N) is 1. The highest BCUT2D eigenvalue weighted by atomic mass is 19.1. The summed E-state index contributed by atoms with van der Waals surface area (Å²) in [6, 6.07) is 9.68. The van der Waals surface area contributed by atoms with Crippen LogP contribution in [-0.4, -0.2) is 24.9 Å². The Morgan fingerprint density at radius 2 is 1.86 bits per heavy atom. The number of nitrogen functional groups attached to an aromatic ring is 1. The Morgan fingerprint density at radius 1 is 1.14 bits per heavy atom. The van der Waals surface area contributed by atoms with Crippen LogP contribution in [0.1, 0.15) is 15.9 Å². The lowest BCUT2D eigenvalue weighted by molar-refractivity contribution is 0.0827. The van der Waals surface area contributed by atoms with Crippen molar-refractivity contribution in [2.45, 2.75) is 6.92 Å². The summed E-state index contributed by atoms with van der Waals surface area (Å²) in [5.41, 5.74) is 8.60. The summed E-state index contributed by atoms with van der Waals surface area (Å²) in [5, 5.41) is 2.94. The highest BCUT2D eigenvalue weighted by Gasteiger charge is 2.11. The molecule has 2 aromatic carbocycles. The highest BCUT2D eigenvalue weighted by Crippen LogP contribution is 2.27. The first kappa shape index (κ1) is 14.8. The Morgan fingerprint density at radius 3 is 2.52 bits per heavy atom. The molecule has 0 aromatic heterocycles. The lowest BCUT2D eigenvalue weighted by atomic mass is 10.1. The minimum Gasteiger partial charge on any atom is -0.397 e. The number of halogens is 1. The van der Waals surface area contributed by atoms with Crippen LogP contribution in [0.4, 0.5) is 21.5 Å². The number of anilines is 3. The maximum atomic E-state index is 13.8. The summed E-state index contributed by atoms with van der Waals surface area (Å²) in [7, 11) is 3.35. The molecule has 0 saturated heterocycles. The second-order valence-corrected chi connectivity index (χ2v) is 5.11. The zero-order valence-corrected chi connectivity index (χ0v) is 12.3. The SMILES string of the molecule is Cc1ccc(F)c(Nc2cc(C(=O)N(C)C)ccc2N)c1. The van der Waals surface area contributed by atoms with E-state index in [1.165, 1.54) is 11.0 Å². The van der Waals surface area contributed by atoms with Gasteiger partial charge in [-0.1, -0.05) is 6.07 Å².